The highest BCUT2D eigenvalue weighted by Crippen LogP contribution is 2.26. The lowest BCUT2D eigenvalue weighted by molar-refractivity contribution is 0.288. The van der Waals surface area contributed by atoms with Crippen LogP contribution in [0.2, 0.25) is 0 Å². The summed E-state index contributed by atoms with van der Waals surface area (Å²) in [7, 11) is 0. The molecule has 96 valence electrons. The number of benzene rings is 1. The van der Waals surface area contributed by atoms with Gasteiger partial charge in [0.05, 0.1) is 30.1 Å². The van der Waals surface area contributed by atoms with E-state index in [2.05, 4.69) is 20.9 Å². The molecule has 1 aromatic carbocycles. The van der Waals surface area contributed by atoms with Crippen LogP contribution in [0.3, 0.4) is 0 Å². The van der Waals surface area contributed by atoms with Gasteiger partial charge in [-0.3, -0.25) is 9.38 Å². The van der Waals surface area contributed by atoms with E-state index in [0.717, 1.165) is 15.8 Å². The van der Waals surface area contributed by atoms with Crippen molar-refractivity contribution in [2.24, 2.45) is 10.7 Å². The van der Waals surface area contributed by atoms with Crippen molar-refractivity contribution in [1.29, 1.82) is 0 Å². The molecular formula is C12H18BrFN2O. The van der Waals surface area contributed by atoms with Crippen molar-refractivity contribution in [3.8, 4) is 5.75 Å². The lowest BCUT2D eigenvalue weighted by Crippen LogP contribution is -2.05. The van der Waals surface area contributed by atoms with Crippen molar-refractivity contribution < 1.29 is 10.6 Å². The minimum absolute atomic E-state index is 0. The molecule has 0 saturated heterocycles. The first kappa shape index (κ1) is 14.0. The third-order valence-corrected chi connectivity index (χ3v) is 2.66. The molecule has 0 heterocycles. The number of rotatable bonds is 6. The molecule has 1 aromatic rings. The molecule has 0 saturated carbocycles. The molecule has 0 bridgehead atoms. The van der Waals surface area contributed by atoms with Gasteiger partial charge < -0.3 is 10.5 Å². The Labute approximate surface area is 110 Å². The van der Waals surface area contributed by atoms with Gasteiger partial charge in [-0.05, 0) is 40.5 Å². The number of hydrogen-bond acceptors (Lipinski definition) is 2. The average molecular weight is 304 g/mol. The van der Waals surface area contributed by atoms with Crippen molar-refractivity contribution in [2.45, 2.75) is 19.9 Å². The van der Waals surface area contributed by atoms with Gasteiger partial charge in [0.25, 0.3) is 0 Å². The molecule has 0 amide bonds. The summed E-state index contributed by atoms with van der Waals surface area (Å²) in [5.74, 6) is 1.28. The van der Waals surface area contributed by atoms with Gasteiger partial charge in [-0.15, -0.1) is 0 Å². The molecule has 1 rings (SSSR count). The molecular weight excluding hydrogens is 286 g/mol. The molecule has 0 aliphatic heterocycles. The minimum Gasteiger partial charge on any atom is -0.492 e. The zero-order valence-corrected chi connectivity index (χ0v) is 11.3. The number of nitrogens with zero attached hydrogens (tertiary/aromatic N) is 1. The lowest BCUT2D eigenvalue weighted by atomic mass is 10.2. The van der Waals surface area contributed by atoms with Crippen LogP contribution in [0.4, 0.5) is 4.39 Å². The maximum atomic E-state index is 11.9. The van der Waals surface area contributed by atoms with Gasteiger partial charge >= 0.3 is 0 Å². The van der Waals surface area contributed by atoms with Crippen LogP contribution in [0.25, 0.3) is 0 Å². The average Bonchev–Trinajstić information content (AvgIpc) is 2.29. The van der Waals surface area contributed by atoms with Gasteiger partial charge in [0.2, 0.25) is 0 Å². The summed E-state index contributed by atoms with van der Waals surface area (Å²) in [6.45, 7) is 2.32. The lowest BCUT2D eigenvalue weighted by Gasteiger charge is -2.08. The van der Waals surface area contributed by atoms with E-state index >= 15 is 0 Å². The summed E-state index contributed by atoms with van der Waals surface area (Å²) in [6, 6.07) is 5.69. The summed E-state index contributed by atoms with van der Waals surface area (Å²) in [4.78, 5) is 4.12. The molecule has 0 radical (unpaired) electrons. The predicted octanol–water partition coefficient (Wildman–Crippen LogP) is 3.31. The number of alkyl halides is 1. The topological polar surface area (TPSA) is 47.6 Å². The molecule has 0 aliphatic rings. The fourth-order valence-corrected chi connectivity index (χ4v) is 1.75. The summed E-state index contributed by atoms with van der Waals surface area (Å²) in [6.07, 6.45) is 0.408. The largest absolute Gasteiger partial charge is 0.492 e. The molecule has 17 heavy (non-hydrogen) atoms. The van der Waals surface area contributed by atoms with Crippen molar-refractivity contribution in [2.75, 3.05) is 13.3 Å². The van der Waals surface area contributed by atoms with Crippen LogP contribution in [-0.2, 0) is 6.54 Å². The van der Waals surface area contributed by atoms with Crippen molar-refractivity contribution >= 4 is 21.8 Å². The maximum absolute atomic E-state index is 11.9. The Bertz CT molecular complexity index is 398. The number of hydrogen-bond donors (Lipinski definition) is 1. The van der Waals surface area contributed by atoms with Crippen LogP contribution in [0, 0.1) is 0 Å². The number of nitrogens with two attached hydrogens (primary N) is 1. The van der Waals surface area contributed by atoms with Crippen LogP contribution in [-0.4, -0.2) is 19.1 Å². The first-order chi connectivity index (χ1) is 8.13. The summed E-state index contributed by atoms with van der Waals surface area (Å²) < 4.78 is 18.2. The van der Waals surface area contributed by atoms with Crippen LogP contribution < -0.4 is 10.5 Å². The molecule has 5 heteroatoms. The van der Waals surface area contributed by atoms with Crippen molar-refractivity contribution in [1.82, 2.24) is 0 Å². The molecule has 0 aromatic heterocycles. The number of halogens is 2. The number of amidine groups is 1. The molecule has 0 unspecified atom stereocenters. The summed E-state index contributed by atoms with van der Waals surface area (Å²) in [5, 5.41) is 0. The van der Waals surface area contributed by atoms with Gasteiger partial charge in [0.15, 0.2) is 0 Å². The number of ether oxygens (including phenoxy) is 1. The van der Waals surface area contributed by atoms with Crippen LogP contribution in [0.15, 0.2) is 27.7 Å². The summed E-state index contributed by atoms with van der Waals surface area (Å²) >= 11 is 3.41. The maximum Gasteiger partial charge on any atom is 0.133 e. The van der Waals surface area contributed by atoms with Crippen LogP contribution in [0.5, 0.6) is 5.75 Å². The fraction of sp³-hybridized carbons (Fsp3) is 0.417. The third-order valence-electron chi connectivity index (χ3n) is 2.04. The SMILES string of the molecule is CC(N)=NCc1ccc(OCCC[18F])c(Br)c1.[HH]. The van der Waals surface area contributed by atoms with Gasteiger partial charge in [-0.1, -0.05) is 6.07 Å². The highest BCUT2D eigenvalue weighted by Gasteiger charge is 2.02. The van der Waals surface area contributed by atoms with Gasteiger partial charge in [0, 0.05) is 7.85 Å². The highest BCUT2D eigenvalue weighted by atomic mass is 79.9. The monoisotopic (exact) mass is 303 g/mol. The molecule has 0 fully saturated rings. The third kappa shape index (κ3) is 5.17. The predicted molar refractivity (Wildman–Crippen MR) is 73.3 cm³/mol. The normalized spacial score (nSPS) is 11.6. The molecule has 0 aliphatic carbocycles. The minimum atomic E-state index is -0.361. The van der Waals surface area contributed by atoms with E-state index in [9.17, 15) is 4.39 Å². The molecule has 2 N–H and O–H groups in total. The zero-order valence-electron chi connectivity index (χ0n) is 9.75. The Morgan fingerprint density at radius 2 is 2.35 bits per heavy atom. The standard InChI is InChI=1S/C12H16BrFN2O.H2/c1-9(15)16-8-10-3-4-12(11(13)7-10)17-6-2-5-14;/h3-4,7H,2,5-6,8H2,1H3,(H2,15,16);1H/i14-1;. The quantitative estimate of drug-likeness (QED) is 0.498. The van der Waals surface area contributed by atoms with Gasteiger partial charge in [0.1, 0.15) is 5.75 Å². The first-order valence-corrected chi connectivity index (χ1v) is 6.16. The molecule has 3 nitrogen and oxygen atoms in total. The number of aliphatic imine (C=N–C) groups is 1. The zero-order chi connectivity index (χ0) is 12.7. The fourth-order valence-electron chi connectivity index (χ4n) is 1.21. The van der Waals surface area contributed by atoms with E-state index in [1.54, 1.807) is 6.92 Å². The Balaban J connectivity index is 0.00000289. The van der Waals surface area contributed by atoms with Crippen molar-refractivity contribution in [3.63, 3.8) is 0 Å². The van der Waals surface area contributed by atoms with E-state index < -0.39 is 0 Å². The van der Waals surface area contributed by atoms with E-state index in [1.165, 1.54) is 0 Å². The van der Waals surface area contributed by atoms with E-state index in [1.807, 2.05) is 18.2 Å². The van der Waals surface area contributed by atoms with Crippen molar-refractivity contribution in [3.05, 3.63) is 28.2 Å². The van der Waals surface area contributed by atoms with E-state index in [4.69, 9.17) is 10.5 Å². The smallest absolute Gasteiger partial charge is 0.133 e. The van der Waals surface area contributed by atoms with Gasteiger partial charge in [-0.25, -0.2) is 0 Å². The van der Waals surface area contributed by atoms with E-state index in [0.29, 0.717) is 25.4 Å². The second-order valence-electron chi connectivity index (χ2n) is 3.61. The summed E-state index contributed by atoms with van der Waals surface area (Å²) in [5.41, 5.74) is 6.51. The first-order valence-electron chi connectivity index (χ1n) is 5.37. The second-order valence-corrected chi connectivity index (χ2v) is 4.47. The Morgan fingerprint density at radius 3 is 2.94 bits per heavy atom. The molecule has 0 atom stereocenters. The Kier molecular flexibility index (Phi) is 5.97. The second kappa shape index (κ2) is 7.27. The Morgan fingerprint density at radius 1 is 1.59 bits per heavy atom. The van der Waals surface area contributed by atoms with Gasteiger partial charge in [-0.2, -0.15) is 0 Å². The van der Waals surface area contributed by atoms with Crippen LogP contribution >= 0.6 is 15.9 Å². The van der Waals surface area contributed by atoms with Crippen LogP contribution in [0.1, 0.15) is 20.3 Å². The van der Waals surface area contributed by atoms with E-state index in [-0.39, 0.29) is 8.10 Å². The molecule has 0 spiro atoms. The highest BCUT2D eigenvalue weighted by molar-refractivity contribution is 9.10. The Hall–Kier alpha value is -1.10.